The number of methoxy groups -OCH3 is 3. The SMILES string of the molecule is COc1ccc(C(=O)NCCOP(O[C@@]2(O)C[C@H](n3cc(C)c(=O)[nH]c3=O)O[C@@H]2COC(c2ccccc2)(c2ccc(OC)cc2)c2ccc(OC)cc2)N(C(C)C)C(C)C)cc1. The van der Waals surface area contributed by atoms with Crippen molar-refractivity contribution in [3.63, 3.8) is 0 Å². The zero-order chi connectivity index (χ0) is 45.3. The van der Waals surface area contributed by atoms with E-state index in [4.69, 9.17) is 32.7 Å². The summed E-state index contributed by atoms with van der Waals surface area (Å²) >= 11 is 0. The Hall–Kier alpha value is -5.38. The molecule has 4 atom stereocenters. The van der Waals surface area contributed by atoms with Crippen molar-refractivity contribution in [2.45, 2.75) is 76.8 Å². The second-order valence-corrected chi connectivity index (χ2v) is 17.0. The number of H-pyrrole nitrogens is 1. The highest BCUT2D eigenvalue weighted by Gasteiger charge is 2.54. The minimum absolute atomic E-state index is 0.0374. The number of aliphatic hydroxyl groups is 1. The molecule has 6 rings (SSSR count). The van der Waals surface area contributed by atoms with Crippen molar-refractivity contribution in [2.75, 3.05) is 41.1 Å². The predicted molar refractivity (Wildman–Crippen MR) is 239 cm³/mol. The summed E-state index contributed by atoms with van der Waals surface area (Å²) in [6.45, 7) is 9.46. The van der Waals surface area contributed by atoms with E-state index in [9.17, 15) is 19.5 Å². The highest BCUT2D eigenvalue weighted by Crippen LogP contribution is 2.53. The summed E-state index contributed by atoms with van der Waals surface area (Å²) in [4.78, 5) is 41.1. The second-order valence-electron chi connectivity index (χ2n) is 15.6. The van der Waals surface area contributed by atoms with Gasteiger partial charge in [0.2, 0.25) is 5.79 Å². The normalized spacial score (nSPS) is 18.2. The standard InChI is InChI=1S/C47H57N4O11P/c1-31(2)51(32(3)4)63(60-27-26-48-44(53)34-14-20-38(56-6)21-15-34)62-46(55)28-42(50-29-33(5)43(52)49-45(50)54)61-41(46)30-59-47(35-12-10-9-11-13-35,36-16-22-39(57-7)23-17-36)37-18-24-40(58-8)25-19-37/h9-25,29,31-32,41-42,55H,26-28,30H2,1-8H3,(H,48,53)(H,49,52,54)/t41-,42-,46+,63?/m1/s1. The molecule has 0 spiro atoms. The number of amides is 1. The largest absolute Gasteiger partial charge is 0.497 e. The van der Waals surface area contributed by atoms with Crippen LogP contribution >= 0.6 is 8.53 Å². The molecule has 63 heavy (non-hydrogen) atoms. The number of nitrogens with one attached hydrogen (secondary N) is 2. The van der Waals surface area contributed by atoms with Crippen molar-refractivity contribution in [1.82, 2.24) is 19.5 Å². The maximum atomic E-state index is 13.3. The molecule has 4 aromatic carbocycles. The zero-order valence-corrected chi connectivity index (χ0v) is 37.8. The van der Waals surface area contributed by atoms with Gasteiger partial charge in [0.25, 0.3) is 20.0 Å². The van der Waals surface area contributed by atoms with Gasteiger partial charge in [-0.2, -0.15) is 0 Å². The first-order valence-electron chi connectivity index (χ1n) is 20.7. The molecule has 0 bridgehead atoms. The maximum Gasteiger partial charge on any atom is 0.330 e. The van der Waals surface area contributed by atoms with E-state index in [0.717, 1.165) is 16.7 Å². The van der Waals surface area contributed by atoms with Crippen LogP contribution in [-0.2, 0) is 24.1 Å². The van der Waals surface area contributed by atoms with E-state index in [1.54, 1.807) is 52.5 Å². The van der Waals surface area contributed by atoms with Crippen molar-refractivity contribution < 1.29 is 42.6 Å². The fourth-order valence-electron chi connectivity index (χ4n) is 7.61. The summed E-state index contributed by atoms with van der Waals surface area (Å²) in [7, 11) is 2.69. The average Bonchev–Trinajstić information content (AvgIpc) is 3.61. The number of hydrogen-bond acceptors (Lipinski definition) is 12. The van der Waals surface area contributed by atoms with Crippen LogP contribution in [0.4, 0.5) is 0 Å². The van der Waals surface area contributed by atoms with Crippen molar-refractivity contribution in [1.29, 1.82) is 0 Å². The molecule has 1 fully saturated rings. The number of aromatic nitrogens is 2. The minimum atomic E-state index is -2.13. The smallest absolute Gasteiger partial charge is 0.330 e. The molecule has 1 aromatic heterocycles. The Balaban J connectivity index is 1.38. The van der Waals surface area contributed by atoms with Crippen LogP contribution in [0.3, 0.4) is 0 Å². The molecule has 15 nitrogen and oxygen atoms in total. The Kier molecular flexibility index (Phi) is 15.6. The molecule has 2 heterocycles. The summed E-state index contributed by atoms with van der Waals surface area (Å²) in [5, 5.41) is 15.8. The van der Waals surface area contributed by atoms with Crippen LogP contribution in [0.25, 0.3) is 0 Å². The lowest BCUT2D eigenvalue weighted by molar-refractivity contribution is -0.201. The summed E-state index contributed by atoms with van der Waals surface area (Å²) in [6.07, 6.45) is -1.16. The summed E-state index contributed by atoms with van der Waals surface area (Å²) in [6, 6.07) is 31.3. The number of benzene rings is 4. The highest BCUT2D eigenvalue weighted by atomic mass is 31.2. The Morgan fingerprint density at radius 1 is 0.857 bits per heavy atom. The molecule has 16 heteroatoms. The lowest BCUT2D eigenvalue weighted by Crippen LogP contribution is -2.47. The molecule has 1 unspecified atom stereocenters. The molecule has 0 radical (unpaired) electrons. The Morgan fingerprint density at radius 2 is 1.38 bits per heavy atom. The van der Waals surface area contributed by atoms with E-state index in [1.165, 1.54) is 10.8 Å². The zero-order valence-electron chi connectivity index (χ0n) is 36.9. The Morgan fingerprint density at radius 3 is 1.90 bits per heavy atom. The molecule has 0 aliphatic carbocycles. The van der Waals surface area contributed by atoms with E-state index in [1.807, 2.05) is 111 Å². The first-order chi connectivity index (χ1) is 30.2. The highest BCUT2D eigenvalue weighted by molar-refractivity contribution is 7.44. The second kappa shape index (κ2) is 20.9. The topological polar surface area (TPSA) is 172 Å². The number of aryl methyl sites for hydroxylation is 1. The van der Waals surface area contributed by atoms with E-state index in [2.05, 4.69) is 10.3 Å². The van der Waals surface area contributed by atoms with Gasteiger partial charge >= 0.3 is 5.69 Å². The fraction of sp³-hybridized carbons (Fsp3) is 0.383. The molecule has 5 aromatic rings. The maximum absolute atomic E-state index is 13.3. The van der Waals surface area contributed by atoms with Gasteiger partial charge in [-0.1, -0.05) is 54.6 Å². The van der Waals surface area contributed by atoms with E-state index >= 15 is 0 Å². The van der Waals surface area contributed by atoms with E-state index < -0.39 is 43.5 Å². The van der Waals surface area contributed by atoms with Crippen molar-refractivity contribution in [3.05, 3.63) is 158 Å². The lowest BCUT2D eigenvalue weighted by atomic mass is 9.80. The van der Waals surface area contributed by atoms with Gasteiger partial charge in [-0.15, -0.1) is 0 Å². The molecule has 3 N–H and O–H groups in total. The predicted octanol–water partition coefficient (Wildman–Crippen LogP) is 6.66. The third-order valence-corrected chi connectivity index (χ3v) is 13.0. The minimum Gasteiger partial charge on any atom is -0.497 e. The first-order valence-corrected chi connectivity index (χ1v) is 21.9. The average molecular weight is 885 g/mol. The number of carbonyl (C=O) groups excluding carboxylic acids is 1. The quantitative estimate of drug-likeness (QED) is 0.0329. The van der Waals surface area contributed by atoms with Gasteiger partial charge in [0, 0.05) is 36.0 Å². The van der Waals surface area contributed by atoms with Gasteiger partial charge in [-0.3, -0.25) is 23.7 Å². The van der Waals surface area contributed by atoms with Gasteiger partial charge in [-0.05, 0) is 99.8 Å². The number of rotatable bonds is 20. The third-order valence-electron chi connectivity index (χ3n) is 10.8. The Labute approximate surface area is 368 Å². The van der Waals surface area contributed by atoms with Crippen LogP contribution in [0.2, 0.25) is 0 Å². The molecule has 1 saturated heterocycles. The molecular formula is C47H57N4O11P. The number of carbonyl (C=O) groups is 1. The van der Waals surface area contributed by atoms with Crippen LogP contribution < -0.4 is 30.8 Å². The summed E-state index contributed by atoms with van der Waals surface area (Å²) in [5.41, 5.74) is 0.462. The van der Waals surface area contributed by atoms with Crippen LogP contribution in [0.15, 0.2) is 119 Å². The van der Waals surface area contributed by atoms with E-state index in [-0.39, 0.29) is 49.7 Å². The third kappa shape index (κ3) is 10.7. The Bertz CT molecular complexity index is 2320. The molecule has 1 aliphatic heterocycles. The van der Waals surface area contributed by atoms with Crippen molar-refractivity contribution in [2.24, 2.45) is 0 Å². The lowest BCUT2D eigenvalue weighted by Gasteiger charge is -2.41. The van der Waals surface area contributed by atoms with Gasteiger partial charge in [0.05, 0.1) is 41.0 Å². The van der Waals surface area contributed by atoms with Crippen molar-refractivity contribution in [3.8, 4) is 17.2 Å². The van der Waals surface area contributed by atoms with E-state index in [0.29, 0.717) is 22.8 Å². The number of ether oxygens (including phenoxy) is 5. The van der Waals surface area contributed by atoms with Crippen LogP contribution in [0.5, 0.6) is 17.2 Å². The van der Waals surface area contributed by atoms with Crippen LogP contribution in [0, 0.1) is 6.92 Å². The van der Waals surface area contributed by atoms with Crippen LogP contribution in [0.1, 0.15) is 73.0 Å². The van der Waals surface area contributed by atoms with Gasteiger partial charge in [-0.25, -0.2) is 9.46 Å². The molecule has 1 aliphatic rings. The molecule has 336 valence electrons. The molecular weight excluding hydrogens is 828 g/mol. The van der Waals surface area contributed by atoms with Gasteiger partial charge in [0.1, 0.15) is 35.2 Å². The van der Waals surface area contributed by atoms with Gasteiger partial charge in [0.15, 0.2) is 0 Å². The monoisotopic (exact) mass is 884 g/mol. The number of hydrogen-bond donors (Lipinski definition) is 3. The van der Waals surface area contributed by atoms with Crippen molar-refractivity contribution >= 4 is 14.4 Å². The molecule has 0 saturated carbocycles. The molecule has 1 amide bonds. The van der Waals surface area contributed by atoms with Gasteiger partial charge < -0.3 is 38.6 Å². The number of nitrogens with zero attached hydrogens (tertiary/aromatic N) is 2. The van der Waals surface area contributed by atoms with Crippen LogP contribution in [-0.4, -0.2) is 90.3 Å². The number of aromatic amines is 1. The fourth-order valence-corrected chi connectivity index (χ4v) is 9.36. The first kappa shape index (κ1) is 47.1. The summed E-state index contributed by atoms with van der Waals surface area (Å²) < 4.78 is 46.5. The summed E-state index contributed by atoms with van der Waals surface area (Å²) in [5.74, 6) is -0.495.